The number of aromatic nitrogens is 4. The Morgan fingerprint density at radius 3 is 2.96 bits per heavy atom. The van der Waals surface area contributed by atoms with Crippen molar-refractivity contribution < 1.29 is 4.79 Å². The fourth-order valence-electron chi connectivity index (χ4n) is 2.78. The van der Waals surface area contributed by atoms with E-state index >= 15 is 0 Å². The highest BCUT2D eigenvalue weighted by atomic mass is 35.5. The molecule has 2 aromatic rings. The molecule has 0 aromatic carbocycles. The SMILES string of the molecule is CCn1cc(Cl)c(C(=O)N[C@H]2CCc3nn(C)c(=O)cc3C2)n1. The van der Waals surface area contributed by atoms with Crippen LogP contribution in [-0.4, -0.2) is 31.5 Å². The number of rotatable bonds is 3. The monoisotopic (exact) mass is 335 g/mol. The normalized spacial score (nSPS) is 16.9. The predicted octanol–water partition coefficient (Wildman–Crippen LogP) is 0.937. The van der Waals surface area contributed by atoms with Crippen molar-refractivity contribution in [2.45, 2.75) is 38.8 Å². The molecule has 2 aromatic heterocycles. The van der Waals surface area contributed by atoms with Crippen LogP contribution in [0.1, 0.15) is 35.1 Å². The molecule has 2 heterocycles. The fraction of sp³-hybridized carbons (Fsp3) is 0.467. The zero-order valence-electron chi connectivity index (χ0n) is 13.0. The van der Waals surface area contributed by atoms with E-state index in [2.05, 4.69) is 15.5 Å². The van der Waals surface area contributed by atoms with Gasteiger partial charge in [0.15, 0.2) is 5.69 Å². The van der Waals surface area contributed by atoms with Crippen molar-refractivity contribution in [1.82, 2.24) is 24.9 Å². The lowest BCUT2D eigenvalue weighted by molar-refractivity contribution is 0.0927. The molecule has 0 fully saturated rings. The molecule has 0 saturated carbocycles. The Kier molecular flexibility index (Phi) is 4.21. The van der Waals surface area contributed by atoms with E-state index in [9.17, 15) is 9.59 Å². The first-order chi connectivity index (χ1) is 11.0. The van der Waals surface area contributed by atoms with Crippen LogP contribution in [-0.2, 0) is 26.4 Å². The van der Waals surface area contributed by atoms with Crippen LogP contribution in [0.4, 0.5) is 0 Å². The summed E-state index contributed by atoms with van der Waals surface area (Å²) < 4.78 is 2.97. The van der Waals surface area contributed by atoms with E-state index in [4.69, 9.17) is 11.6 Å². The lowest BCUT2D eigenvalue weighted by Crippen LogP contribution is -2.40. The van der Waals surface area contributed by atoms with Crippen molar-refractivity contribution in [2.75, 3.05) is 0 Å². The van der Waals surface area contributed by atoms with Crippen molar-refractivity contribution in [3.05, 3.63) is 44.6 Å². The summed E-state index contributed by atoms with van der Waals surface area (Å²) in [5.74, 6) is -0.285. The number of fused-ring (bicyclic) bond motifs is 1. The highest BCUT2D eigenvalue weighted by Crippen LogP contribution is 2.19. The standard InChI is InChI=1S/C15H18ClN5O2/c1-3-21-8-11(16)14(19-21)15(23)17-10-4-5-12-9(6-10)7-13(22)20(2)18-12/h7-8,10H,3-6H2,1-2H3,(H,17,23)/t10-/m0/s1. The molecule has 0 spiro atoms. The minimum atomic E-state index is -0.285. The predicted molar refractivity (Wildman–Crippen MR) is 85.7 cm³/mol. The van der Waals surface area contributed by atoms with Gasteiger partial charge < -0.3 is 5.32 Å². The van der Waals surface area contributed by atoms with Gasteiger partial charge in [0.2, 0.25) is 0 Å². The van der Waals surface area contributed by atoms with Gasteiger partial charge in [0.1, 0.15) is 0 Å². The van der Waals surface area contributed by atoms with Gasteiger partial charge in [-0.2, -0.15) is 10.2 Å². The molecule has 0 saturated heterocycles. The Labute approximate surface area is 138 Å². The van der Waals surface area contributed by atoms with Gasteiger partial charge in [-0.15, -0.1) is 0 Å². The van der Waals surface area contributed by atoms with Crippen LogP contribution >= 0.6 is 11.6 Å². The number of amides is 1. The summed E-state index contributed by atoms with van der Waals surface area (Å²) in [5, 5.41) is 11.7. The third kappa shape index (κ3) is 3.14. The summed E-state index contributed by atoms with van der Waals surface area (Å²) in [5.41, 5.74) is 1.92. The van der Waals surface area contributed by atoms with Crippen LogP contribution in [0.15, 0.2) is 17.1 Å². The van der Waals surface area contributed by atoms with E-state index in [0.29, 0.717) is 18.0 Å². The fourth-order valence-corrected chi connectivity index (χ4v) is 3.01. The van der Waals surface area contributed by atoms with Gasteiger partial charge in [-0.1, -0.05) is 11.6 Å². The first-order valence-electron chi connectivity index (χ1n) is 7.58. The number of carbonyl (C=O) groups excluding carboxylic acids is 1. The van der Waals surface area contributed by atoms with Gasteiger partial charge in [-0.25, -0.2) is 4.68 Å². The zero-order valence-corrected chi connectivity index (χ0v) is 13.8. The molecule has 122 valence electrons. The topological polar surface area (TPSA) is 81.8 Å². The van der Waals surface area contributed by atoms with Crippen LogP contribution in [0.25, 0.3) is 0 Å². The third-order valence-corrected chi connectivity index (χ3v) is 4.32. The van der Waals surface area contributed by atoms with Crippen molar-refractivity contribution in [3.63, 3.8) is 0 Å². The second kappa shape index (κ2) is 6.16. The Bertz CT molecular complexity index is 811. The van der Waals surface area contributed by atoms with E-state index in [1.807, 2.05) is 6.92 Å². The summed E-state index contributed by atoms with van der Waals surface area (Å²) in [4.78, 5) is 24.0. The van der Waals surface area contributed by atoms with Gasteiger partial charge in [0.25, 0.3) is 11.5 Å². The average molecular weight is 336 g/mol. The van der Waals surface area contributed by atoms with Crippen LogP contribution in [0, 0.1) is 0 Å². The van der Waals surface area contributed by atoms with Crippen molar-refractivity contribution in [2.24, 2.45) is 7.05 Å². The largest absolute Gasteiger partial charge is 0.348 e. The van der Waals surface area contributed by atoms with E-state index in [0.717, 1.165) is 24.1 Å². The molecule has 0 unspecified atom stereocenters. The number of carbonyl (C=O) groups is 1. The Morgan fingerprint density at radius 1 is 1.48 bits per heavy atom. The van der Waals surface area contributed by atoms with Gasteiger partial charge in [-0.3, -0.25) is 14.3 Å². The maximum atomic E-state index is 12.3. The van der Waals surface area contributed by atoms with Crippen molar-refractivity contribution in [3.8, 4) is 0 Å². The Hall–Kier alpha value is -2.15. The molecule has 8 heteroatoms. The number of hydrogen-bond acceptors (Lipinski definition) is 4. The van der Waals surface area contributed by atoms with Crippen LogP contribution in [0.3, 0.4) is 0 Å². The molecule has 1 amide bonds. The Balaban J connectivity index is 1.74. The van der Waals surface area contributed by atoms with E-state index in [1.165, 1.54) is 4.68 Å². The zero-order chi connectivity index (χ0) is 16.6. The maximum Gasteiger partial charge on any atom is 0.273 e. The summed E-state index contributed by atoms with van der Waals surface area (Å²) in [6.07, 6.45) is 3.73. The number of hydrogen-bond donors (Lipinski definition) is 1. The molecule has 1 N–H and O–H groups in total. The van der Waals surface area contributed by atoms with Gasteiger partial charge in [-0.05, 0) is 31.7 Å². The molecule has 0 aliphatic heterocycles. The summed E-state index contributed by atoms with van der Waals surface area (Å²) in [7, 11) is 1.64. The minimum absolute atomic E-state index is 0.0493. The summed E-state index contributed by atoms with van der Waals surface area (Å²) >= 11 is 6.06. The van der Waals surface area contributed by atoms with Gasteiger partial charge in [0.05, 0.1) is 10.7 Å². The first kappa shape index (κ1) is 15.7. The van der Waals surface area contributed by atoms with Crippen molar-refractivity contribution in [1.29, 1.82) is 0 Å². The summed E-state index contributed by atoms with van der Waals surface area (Å²) in [6.45, 7) is 2.58. The third-order valence-electron chi connectivity index (χ3n) is 4.05. The van der Waals surface area contributed by atoms with Crippen LogP contribution < -0.4 is 10.9 Å². The smallest absolute Gasteiger partial charge is 0.273 e. The van der Waals surface area contributed by atoms with Gasteiger partial charge in [0, 0.05) is 31.9 Å². The molecule has 0 radical (unpaired) electrons. The molecular formula is C15H18ClN5O2. The number of aryl methyl sites for hydroxylation is 3. The van der Waals surface area contributed by atoms with Crippen LogP contribution in [0.2, 0.25) is 5.02 Å². The van der Waals surface area contributed by atoms with E-state index < -0.39 is 0 Å². The lowest BCUT2D eigenvalue weighted by Gasteiger charge is -2.24. The Morgan fingerprint density at radius 2 is 2.26 bits per heavy atom. The summed E-state index contributed by atoms with van der Waals surface area (Å²) in [6, 6.07) is 1.55. The highest BCUT2D eigenvalue weighted by Gasteiger charge is 2.24. The molecule has 1 atom stereocenters. The number of nitrogens with zero attached hydrogens (tertiary/aromatic N) is 4. The minimum Gasteiger partial charge on any atom is -0.348 e. The molecule has 23 heavy (non-hydrogen) atoms. The average Bonchev–Trinajstić information content (AvgIpc) is 2.90. The molecule has 1 aliphatic carbocycles. The highest BCUT2D eigenvalue weighted by molar-refractivity contribution is 6.33. The molecule has 7 nitrogen and oxygen atoms in total. The van der Waals surface area contributed by atoms with Gasteiger partial charge >= 0.3 is 0 Å². The maximum absolute atomic E-state index is 12.3. The van der Waals surface area contributed by atoms with E-state index in [1.54, 1.807) is 24.0 Å². The van der Waals surface area contributed by atoms with Crippen LogP contribution in [0.5, 0.6) is 0 Å². The molecular weight excluding hydrogens is 318 g/mol. The quantitative estimate of drug-likeness (QED) is 0.905. The number of nitrogens with one attached hydrogen (secondary N) is 1. The lowest BCUT2D eigenvalue weighted by atomic mass is 9.92. The second-order valence-corrected chi connectivity index (χ2v) is 6.08. The molecule has 1 aliphatic rings. The molecule has 0 bridgehead atoms. The second-order valence-electron chi connectivity index (χ2n) is 5.67. The van der Waals surface area contributed by atoms with E-state index in [-0.39, 0.29) is 23.2 Å². The first-order valence-corrected chi connectivity index (χ1v) is 7.95. The number of halogens is 1. The molecule has 3 rings (SSSR count). The van der Waals surface area contributed by atoms with Crippen molar-refractivity contribution >= 4 is 17.5 Å².